The van der Waals surface area contributed by atoms with Crippen LogP contribution in [0, 0.1) is 0 Å². The summed E-state index contributed by atoms with van der Waals surface area (Å²) < 4.78 is 8.92. The lowest BCUT2D eigenvalue weighted by Crippen LogP contribution is -2.30. The molecule has 0 atom stereocenters. The van der Waals surface area contributed by atoms with E-state index in [1.54, 1.807) is 11.3 Å². The summed E-state index contributed by atoms with van der Waals surface area (Å²) in [5, 5.41) is 7.57. The molecule has 0 unspecified atom stereocenters. The van der Waals surface area contributed by atoms with Gasteiger partial charge in [-0.15, -0.1) is 11.3 Å². The summed E-state index contributed by atoms with van der Waals surface area (Å²) in [4.78, 5) is 13.8. The van der Waals surface area contributed by atoms with Crippen LogP contribution in [0.25, 0.3) is 26.2 Å². The van der Waals surface area contributed by atoms with E-state index in [0.29, 0.717) is 12.1 Å². The summed E-state index contributed by atoms with van der Waals surface area (Å²) in [5.74, 6) is 0.931. The topological polar surface area (TPSA) is 85.6 Å². The van der Waals surface area contributed by atoms with E-state index in [-0.39, 0.29) is 23.2 Å². The van der Waals surface area contributed by atoms with E-state index in [9.17, 15) is 4.79 Å². The molecule has 1 fully saturated rings. The molecule has 0 saturated heterocycles. The maximum Gasteiger partial charge on any atom is 0.143 e. The molecule has 0 aliphatic heterocycles. The molecule has 7 heteroatoms. The van der Waals surface area contributed by atoms with Gasteiger partial charge in [0, 0.05) is 47.4 Å². The van der Waals surface area contributed by atoms with Crippen molar-refractivity contribution in [1.82, 2.24) is 9.56 Å². The molecule has 3 aromatic heterocycles. The van der Waals surface area contributed by atoms with E-state index in [2.05, 4.69) is 78.2 Å². The Morgan fingerprint density at radius 3 is 2.57 bits per heavy atom. The second-order valence-corrected chi connectivity index (χ2v) is 12.5. The van der Waals surface area contributed by atoms with Gasteiger partial charge in [0.1, 0.15) is 16.4 Å². The van der Waals surface area contributed by atoms with Gasteiger partial charge in [0.2, 0.25) is 0 Å². The molecule has 190 valence electrons. The van der Waals surface area contributed by atoms with E-state index < -0.39 is 0 Å². The molecular weight excluding hydrogens is 480 g/mol. The van der Waals surface area contributed by atoms with Crippen LogP contribution < -0.4 is 11.1 Å². The van der Waals surface area contributed by atoms with Gasteiger partial charge in [0.25, 0.3) is 0 Å². The maximum atomic E-state index is 12.6. The van der Waals surface area contributed by atoms with Crippen molar-refractivity contribution in [2.45, 2.75) is 57.4 Å². The van der Waals surface area contributed by atoms with E-state index in [1.807, 2.05) is 18.2 Å². The van der Waals surface area contributed by atoms with Gasteiger partial charge in [-0.2, -0.15) is 0 Å². The molecular formula is C30H32N4O2S. The zero-order chi connectivity index (χ0) is 25.8. The minimum Gasteiger partial charge on any atom is -0.383 e. The van der Waals surface area contributed by atoms with Gasteiger partial charge in [0.05, 0.1) is 22.3 Å². The maximum absolute atomic E-state index is 12.6. The van der Waals surface area contributed by atoms with E-state index >= 15 is 0 Å². The third-order valence-electron chi connectivity index (χ3n) is 7.12. The largest absolute Gasteiger partial charge is 0.383 e. The summed E-state index contributed by atoms with van der Waals surface area (Å²) in [6.07, 6.45) is 5.07. The van der Waals surface area contributed by atoms with Crippen LogP contribution in [0.4, 0.5) is 5.69 Å². The van der Waals surface area contributed by atoms with Crippen molar-refractivity contribution in [3.63, 3.8) is 0 Å². The number of thiazole rings is 1. The average molecular weight is 513 g/mol. The van der Waals surface area contributed by atoms with Crippen molar-refractivity contribution < 1.29 is 9.32 Å². The first kappa shape index (κ1) is 23.9. The van der Waals surface area contributed by atoms with Crippen molar-refractivity contribution in [2.75, 3.05) is 11.9 Å². The predicted molar refractivity (Wildman–Crippen MR) is 150 cm³/mol. The van der Waals surface area contributed by atoms with Crippen LogP contribution in [0.15, 0.2) is 65.3 Å². The predicted octanol–water partition coefficient (Wildman–Crippen LogP) is 6.36. The highest BCUT2D eigenvalue weighted by atomic mass is 32.1. The fraction of sp³-hybridized carbons (Fsp3) is 0.333. The number of benzene rings is 2. The Hall–Kier alpha value is -3.42. The van der Waals surface area contributed by atoms with E-state index in [1.165, 1.54) is 20.6 Å². The minimum atomic E-state index is -0.117. The van der Waals surface area contributed by atoms with Crippen LogP contribution in [-0.4, -0.2) is 27.4 Å². The molecule has 2 aromatic carbocycles. The Morgan fingerprint density at radius 1 is 1.08 bits per heavy atom. The fourth-order valence-corrected chi connectivity index (χ4v) is 5.67. The molecule has 6 nitrogen and oxygen atoms in total. The lowest BCUT2D eigenvalue weighted by Gasteiger charge is -2.12. The van der Waals surface area contributed by atoms with Gasteiger partial charge in [-0.25, -0.2) is 0 Å². The van der Waals surface area contributed by atoms with Crippen molar-refractivity contribution in [1.29, 1.82) is 0 Å². The Kier molecular flexibility index (Phi) is 5.73. The number of carbonyl (C=O) groups excluding carboxylic acids is 1. The number of hydrogen-bond acceptors (Lipinski definition) is 6. The summed E-state index contributed by atoms with van der Waals surface area (Å²) in [6, 6.07) is 18.9. The summed E-state index contributed by atoms with van der Waals surface area (Å²) in [6.45, 7) is 7.03. The summed E-state index contributed by atoms with van der Waals surface area (Å²) >= 11 is 1.79. The number of carbonyl (C=O) groups is 1. The van der Waals surface area contributed by atoms with E-state index in [0.717, 1.165) is 42.0 Å². The zero-order valence-corrected chi connectivity index (χ0v) is 22.3. The number of Topliss-reactive ketones (excluding diaryl/α,β-unsaturated/α-hetero) is 1. The molecule has 0 bridgehead atoms. The van der Waals surface area contributed by atoms with E-state index in [4.69, 9.17) is 10.3 Å². The van der Waals surface area contributed by atoms with Gasteiger partial charge in [-0.05, 0) is 48.2 Å². The average Bonchev–Trinajstić information content (AvgIpc) is 3.19. The number of aromatic nitrogens is 2. The van der Waals surface area contributed by atoms with Gasteiger partial charge in [0.15, 0.2) is 0 Å². The molecule has 1 saturated carbocycles. The second-order valence-electron chi connectivity index (χ2n) is 11.5. The number of fused-ring (bicyclic) bond motifs is 3. The normalized spacial score (nSPS) is 14.9. The molecule has 1 aliphatic carbocycles. The fourth-order valence-electron chi connectivity index (χ4n) is 4.56. The monoisotopic (exact) mass is 512 g/mol. The van der Waals surface area contributed by atoms with Gasteiger partial charge in [-0.3, -0.25) is 4.79 Å². The number of nitrogens with zero attached hydrogens (tertiary/aromatic N) is 2. The summed E-state index contributed by atoms with van der Waals surface area (Å²) in [5.41, 5.74) is 12.4. The SMILES string of the molecule is CC(C)(C)c1cc(CC(=O)Cc2ccc(-c3cc4sc5cc(NCC6(N)CC6)ccc5n4c3)cc2)no1. The van der Waals surface area contributed by atoms with Crippen molar-refractivity contribution in [3.8, 4) is 11.1 Å². The Bertz CT molecular complexity index is 1600. The third-order valence-corrected chi connectivity index (χ3v) is 8.19. The highest BCUT2D eigenvalue weighted by molar-refractivity contribution is 7.24. The van der Waals surface area contributed by atoms with Crippen molar-refractivity contribution in [2.24, 2.45) is 5.73 Å². The molecule has 5 aromatic rings. The van der Waals surface area contributed by atoms with Gasteiger partial charge < -0.3 is 20.0 Å². The van der Waals surface area contributed by atoms with Crippen LogP contribution in [0.2, 0.25) is 0 Å². The molecule has 1 aliphatic rings. The third kappa shape index (κ3) is 5.06. The first-order valence-electron chi connectivity index (χ1n) is 12.8. The number of ketones is 1. The van der Waals surface area contributed by atoms with Crippen LogP contribution in [-0.2, 0) is 23.1 Å². The number of anilines is 1. The Balaban J connectivity index is 1.13. The number of nitrogens with one attached hydrogen (secondary N) is 1. The first-order chi connectivity index (χ1) is 17.6. The summed E-state index contributed by atoms with van der Waals surface area (Å²) in [7, 11) is 0. The van der Waals surface area contributed by atoms with Crippen LogP contribution >= 0.6 is 11.3 Å². The Morgan fingerprint density at radius 2 is 1.86 bits per heavy atom. The molecule has 6 rings (SSSR count). The number of hydrogen-bond donors (Lipinski definition) is 2. The van der Waals surface area contributed by atoms with Gasteiger partial charge >= 0.3 is 0 Å². The van der Waals surface area contributed by atoms with Crippen molar-refractivity contribution in [3.05, 3.63) is 77.8 Å². The second kappa shape index (κ2) is 8.85. The number of nitrogens with two attached hydrogens (primary N) is 1. The molecule has 3 N–H and O–H groups in total. The smallest absolute Gasteiger partial charge is 0.143 e. The molecule has 37 heavy (non-hydrogen) atoms. The lowest BCUT2D eigenvalue weighted by molar-refractivity contribution is -0.117. The lowest BCUT2D eigenvalue weighted by atomic mass is 9.93. The highest BCUT2D eigenvalue weighted by Gasteiger charge is 2.37. The first-order valence-corrected chi connectivity index (χ1v) is 13.6. The minimum absolute atomic E-state index is 0.0115. The Labute approximate surface area is 220 Å². The molecule has 0 amide bonds. The highest BCUT2D eigenvalue weighted by Crippen LogP contribution is 2.35. The zero-order valence-electron chi connectivity index (χ0n) is 21.5. The standard InChI is InChI=1S/C30H32N4O2S/c1-29(2,3)27-16-23(33-36-27)14-24(35)12-19-4-6-20(7-5-19)21-13-28-34(17-21)25-9-8-22(15-26(25)37-28)32-18-30(31)10-11-30/h4-9,13,15-17,32H,10-12,14,18,31H2,1-3H3. The molecule has 3 heterocycles. The van der Waals surface area contributed by atoms with Gasteiger partial charge in [-0.1, -0.05) is 50.2 Å². The van der Waals surface area contributed by atoms with Crippen LogP contribution in [0.1, 0.15) is 50.6 Å². The van der Waals surface area contributed by atoms with Crippen LogP contribution in [0.3, 0.4) is 0 Å². The quantitative estimate of drug-likeness (QED) is 0.253. The van der Waals surface area contributed by atoms with Crippen molar-refractivity contribution >= 4 is 37.9 Å². The molecule has 0 radical (unpaired) electrons. The van der Waals surface area contributed by atoms with Crippen LogP contribution in [0.5, 0.6) is 0 Å². The molecule has 0 spiro atoms. The number of rotatable bonds is 8.